The van der Waals surface area contributed by atoms with Gasteiger partial charge >= 0.3 is 6.29 Å². The number of nitrogens with zero attached hydrogens (tertiary/aromatic N) is 1. The van der Waals surface area contributed by atoms with E-state index in [0.29, 0.717) is 17.4 Å². The van der Waals surface area contributed by atoms with Gasteiger partial charge in [0.05, 0.1) is 5.69 Å². The van der Waals surface area contributed by atoms with Gasteiger partial charge in [0, 0.05) is 12.0 Å². The SMILES string of the molecule is NC(=Nc1ccc2c(c1)OC(F)(F)O2)C1CCCC1. The van der Waals surface area contributed by atoms with Crippen LogP contribution in [0.4, 0.5) is 14.5 Å². The zero-order chi connectivity index (χ0) is 13.5. The Morgan fingerprint density at radius 2 is 1.89 bits per heavy atom. The highest BCUT2D eigenvalue weighted by atomic mass is 19.3. The summed E-state index contributed by atoms with van der Waals surface area (Å²) in [5.74, 6) is 0.865. The minimum Gasteiger partial charge on any atom is -0.395 e. The van der Waals surface area contributed by atoms with Gasteiger partial charge in [-0.1, -0.05) is 12.8 Å². The van der Waals surface area contributed by atoms with Crippen molar-refractivity contribution in [2.45, 2.75) is 32.0 Å². The van der Waals surface area contributed by atoms with Crippen molar-refractivity contribution in [3.05, 3.63) is 18.2 Å². The van der Waals surface area contributed by atoms with Crippen LogP contribution >= 0.6 is 0 Å². The summed E-state index contributed by atoms with van der Waals surface area (Å²) in [7, 11) is 0. The molecule has 0 radical (unpaired) electrons. The molecule has 0 amide bonds. The minimum absolute atomic E-state index is 0.00882. The summed E-state index contributed by atoms with van der Waals surface area (Å²) in [4.78, 5) is 4.28. The van der Waals surface area contributed by atoms with Crippen molar-refractivity contribution >= 4 is 11.5 Å². The number of fused-ring (bicyclic) bond motifs is 1. The zero-order valence-corrected chi connectivity index (χ0v) is 10.2. The van der Waals surface area contributed by atoms with E-state index < -0.39 is 6.29 Å². The third kappa shape index (κ3) is 2.47. The van der Waals surface area contributed by atoms with E-state index in [9.17, 15) is 8.78 Å². The Morgan fingerprint density at radius 3 is 2.63 bits per heavy atom. The lowest BCUT2D eigenvalue weighted by atomic mass is 10.1. The number of rotatable bonds is 2. The van der Waals surface area contributed by atoms with E-state index in [2.05, 4.69) is 14.5 Å². The third-order valence-electron chi connectivity index (χ3n) is 3.42. The Labute approximate surface area is 109 Å². The van der Waals surface area contributed by atoms with Crippen LogP contribution < -0.4 is 15.2 Å². The van der Waals surface area contributed by atoms with E-state index in [1.54, 1.807) is 6.07 Å². The summed E-state index contributed by atoms with van der Waals surface area (Å²) in [6.45, 7) is 0. The number of amidine groups is 1. The van der Waals surface area contributed by atoms with Crippen LogP contribution in [0.5, 0.6) is 11.5 Å². The van der Waals surface area contributed by atoms with Crippen LogP contribution in [0.25, 0.3) is 0 Å². The largest absolute Gasteiger partial charge is 0.586 e. The monoisotopic (exact) mass is 268 g/mol. The van der Waals surface area contributed by atoms with Crippen LogP contribution in [-0.2, 0) is 0 Å². The average molecular weight is 268 g/mol. The maximum absolute atomic E-state index is 12.9. The normalized spacial score (nSPS) is 21.9. The molecular formula is C13H14F2N2O2. The number of hydrogen-bond donors (Lipinski definition) is 1. The van der Waals surface area contributed by atoms with E-state index in [4.69, 9.17) is 5.73 Å². The second-order valence-corrected chi connectivity index (χ2v) is 4.82. The molecule has 1 aromatic rings. The number of alkyl halides is 2. The second-order valence-electron chi connectivity index (χ2n) is 4.82. The van der Waals surface area contributed by atoms with Gasteiger partial charge < -0.3 is 15.2 Å². The molecule has 1 aliphatic heterocycles. The molecule has 0 spiro atoms. The van der Waals surface area contributed by atoms with Gasteiger partial charge in [-0.3, -0.25) is 0 Å². The van der Waals surface area contributed by atoms with Crippen molar-refractivity contribution < 1.29 is 18.3 Å². The number of aliphatic imine (C=N–C) groups is 1. The molecule has 3 rings (SSSR count). The van der Waals surface area contributed by atoms with Gasteiger partial charge in [-0.15, -0.1) is 8.78 Å². The second kappa shape index (κ2) is 4.36. The van der Waals surface area contributed by atoms with Crippen molar-refractivity contribution in [3.8, 4) is 11.5 Å². The quantitative estimate of drug-likeness (QED) is 0.662. The van der Waals surface area contributed by atoms with Crippen LogP contribution in [0, 0.1) is 5.92 Å². The first-order valence-electron chi connectivity index (χ1n) is 6.27. The smallest absolute Gasteiger partial charge is 0.395 e. The van der Waals surface area contributed by atoms with Gasteiger partial charge in [0.15, 0.2) is 11.5 Å². The van der Waals surface area contributed by atoms with Crippen LogP contribution in [0.3, 0.4) is 0 Å². The molecular weight excluding hydrogens is 254 g/mol. The summed E-state index contributed by atoms with van der Waals surface area (Å²) in [6.07, 6.45) is 0.806. The maximum atomic E-state index is 12.9. The van der Waals surface area contributed by atoms with E-state index in [0.717, 1.165) is 25.7 Å². The standard InChI is InChI=1S/C13H14F2N2O2/c14-13(15)18-10-6-5-9(7-11(10)19-13)17-12(16)8-3-1-2-4-8/h5-8H,1-4H2,(H2,16,17). The fourth-order valence-corrected chi connectivity index (χ4v) is 2.47. The lowest BCUT2D eigenvalue weighted by molar-refractivity contribution is -0.286. The van der Waals surface area contributed by atoms with Gasteiger partial charge in [0.2, 0.25) is 0 Å². The first-order valence-corrected chi connectivity index (χ1v) is 6.27. The van der Waals surface area contributed by atoms with E-state index in [1.807, 2.05) is 0 Å². The van der Waals surface area contributed by atoms with Crippen molar-refractivity contribution in [2.75, 3.05) is 0 Å². The fraction of sp³-hybridized carbons (Fsp3) is 0.462. The molecule has 0 bridgehead atoms. The van der Waals surface area contributed by atoms with Crippen LogP contribution in [0.1, 0.15) is 25.7 Å². The zero-order valence-electron chi connectivity index (χ0n) is 10.2. The van der Waals surface area contributed by atoms with E-state index in [1.165, 1.54) is 12.1 Å². The van der Waals surface area contributed by atoms with Gasteiger partial charge in [-0.2, -0.15) is 0 Å². The highest BCUT2D eigenvalue weighted by Gasteiger charge is 2.43. The first-order chi connectivity index (χ1) is 9.03. The molecule has 0 saturated heterocycles. The summed E-state index contributed by atoms with van der Waals surface area (Å²) in [5, 5.41) is 0. The topological polar surface area (TPSA) is 56.8 Å². The molecule has 1 aliphatic carbocycles. The van der Waals surface area contributed by atoms with Gasteiger partial charge in [-0.05, 0) is 25.0 Å². The first kappa shape index (κ1) is 12.2. The molecule has 19 heavy (non-hydrogen) atoms. The van der Waals surface area contributed by atoms with Gasteiger partial charge in [0.25, 0.3) is 0 Å². The molecule has 6 heteroatoms. The Kier molecular flexibility index (Phi) is 2.80. The van der Waals surface area contributed by atoms with Gasteiger partial charge in [0.1, 0.15) is 5.84 Å². The Morgan fingerprint density at radius 1 is 1.21 bits per heavy atom. The summed E-state index contributed by atoms with van der Waals surface area (Å²) in [6, 6.07) is 4.42. The lowest BCUT2D eigenvalue weighted by Crippen LogP contribution is -2.25. The molecule has 2 N–H and O–H groups in total. The van der Waals surface area contributed by atoms with Crippen molar-refractivity contribution in [1.82, 2.24) is 0 Å². The Bertz CT molecular complexity index is 525. The molecule has 1 fully saturated rings. The fourth-order valence-electron chi connectivity index (χ4n) is 2.47. The number of benzene rings is 1. The highest BCUT2D eigenvalue weighted by Crippen LogP contribution is 2.42. The molecule has 4 nitrogen and oxygen atoms in total. The molecule has 0 atom stereocenters. The summed E-state index contributed by atoms with van der Waals surface area (Å²) in [5.41, 5.74) is 6.44. The molecule has 0 unspecified atom stereocenters. The highest BCUT2D eigenvalue weighted by molar-refractivity contribution is 5.85. The number of hydrogen-bond acceptors (Lipinski definition) is 3. The van der Waals surface area contributed by atoms with Crippen molar-refractivity contribution in [2.24, 2.45) is 16.6 Å². The number of ether oxygens (including phenoxy) is 2. The molecule has 1 heterocycles. The van der Waals surface area contributed by atoms with Crippen LogP contribution in [0.2, 0.25) is 0 Å². The minimum atomic E-state index is -3.60. The molecule has 102 valence electrons. The molecule has 1 aromatic carbocycles. The van der Waals surface area contributed by atoms with Crippen molar-refractivity contribution in [3.63, 3.8) is 0 Å². The third-order valence-corrected chi connectivity index (χ3v) is 3.42. The lowest BCUT2D eigenvalue weighted by Gasteiger charge is -2.08. The van der Waals surface area contributed by atoms with E-state index >= 15 is 0 Å². The Hall–Kier alpha value is -1.85. The summed E-state index contributed by atoms with van der Waals surface area (Å²) < 4.78 is 34.4. The average Bonchev–Trinajstić information content (AvgIpc) is 2.93. The molecule has 2 aliphatic rings. The van der Waals surface area contributed by atoms with Crippen LogP contribution in [-0.4, -0.2) is 12.1 Å². The molecule has 0 aromatic heterocycles. The summed E-state index contributed by atoms with van der Waals surface area (Å²) >= 11 is 0. The predicted molar refractivity (Wildman–Crippen MR) is 65.9 cm³/mol. The maximum Gasteiger partial charge on any atom is 0.586 e. The number of nitrogens with two attached hydrogens (primary N) is 1. The van der Waals surface area contributed by atoms with Crippen molar-refractivity contribution in [1.29, 1.82) is 0 Å². The van der Waals surface area contributed by atoms with Gasteiger partial charge in [-0.25, -0.2) is 4.99 Å². The molecule has 1 saturated carbocycles. The predicted octanol–water partition coefficient (Wildman–Crippen LogP) is 3.19. The number of halogens is 2. The van der Waals surface area contributed by atoms with E-state index in [-0.39, 0.29) is 11.5 Å². The van der Waals surface area contributed by atoms with Crippen LogP contribution in [0.15, 0.2) is 23.2 Å². The Balaban J connectivity index is 1.82.